The Kier molecular flexibility index (Phi) is 3.66. The summed E-state index contributed by atoms with van der Waals surface area (Å²) in [5.41, 5.74) is 1.42. The smallest absolute Gasteiger partial charge is 0.358 e. The van der Waals surface area contributed by atoms with E-state index < -0.39 is 5.97 Å². The Hall–Kier alpha value is -1.82. The zero-order chi connectivity index (χ0) is 13.1. The van der Waals surface area contributed by atoms with Gasteiger partial charge in [0.2, 0.25) is 0 Å². The molecule has 1 aromatic carbocycles. The van der Waals surface area contributed by atoms with Gasteiger partial charge >= 0.3 is 5.97 Å². The first-order valence-corrected chi connectivity index (χ1v) is 6.36. The number of methoxy groups -OCH3 is 1. The predicted molar refractivity (Wildman–Crippen MR) is 67.1 cm³/mol. The maximum Gasteiger partial charge on any atom is 0.358 e. The number of thioether (sulfide) groups is 1. The minimum absolute atomic E-state index is 0.202. The number of esters is 1. The Morgan fingerprint density at radius 1 is 1.39 bits per heavy atom. The summed E-state index contributed by atoms with van der Waals surface area (Å²) in [6, 6.07) is 5.82. The van der Waals surface area contributed by atoms with Gasteiger partial charge in [-0.2, -0.15) is 0 Å². The van der Waals surface area contributed by atoms with Gasteiger partial charge in [-0.15, -0.1) is 0 Å². The lowest BCUT2D eigenvalue weighted by molar-refractivity contribution is 0.0595. The van der Waals surface area contributed by atoms with Gasteiger partial charge in [-0.1, -0.05) is 11.8 Å². The molecule has 1 N–H and O–H groups in total. The van der Waals surface area contributed by atoms with Gasteiger partial charge in [0.05, 0.1) is 12.8 Å². The van der Waals surface area contributed by atoms with Gasteiger partial charge in [-0.25, -0.2) is 14.2 Å². The topological polar surface area (TPSA) is 55.0 Å². The molecule has 0 amide bonds. The summed E-state index contributed by atoms with van der Waals surface area (Å²) >= 11 is 1.38. The quantitative estimate of drug-likeness (QED) is 0.685. The molecular weight excluding hydrogens is 255 g/mol. The molecule has 4 nitrogen and oxygen atoms in total. The summed E-state index contributed by atoms with van der Waals surface area (Å²) < 4.78 is 17.6. The molecule has 0 spiro atoms. The monoisotopic (exact) mass is 266 g/mol. The molecule has 6 heteroatoms. The van der Waals surface area contributed by atoms with Crippen LogP contribution in [0.4, 0.5) is 4.39 Å². The van der Waals surface area contributed by atoms with Gasteiger partial charge in [0, 0.05) is 5.56 Å². The maximum absolute atomic E-state index is 12.9. The highest BCUT2D eigenvalue weighted by atomic mass is 32.2. The highest BCUT2D eigenvalue weighted by Crippen LogP contribution is 2.25. The number of hydrogen-bond acceptors (Lipinski definition) is 4. The second-order valence-electron chi connectivity index (χ2n) is 3.47. The number of ether oxygens (including phenoxy) is 1. The van der Waals surface area contributed by atoms with E-state index in [1.165, 1.54) is 31.0 Å². The number of nitrogens with one attached hydrogen (secondary N) is 1. The van der Waals surface area contributed by atoms with Crippen molar-refractivity contribution in [3.05, 3.63) is 35.8 Å². The van der Waals surface area contributed by atoms with E-state index in [9.17, 15) is 9.18 Å². The molecule has 0 aliphatic rings. The highest BCUT2D eigenvalue weighted by molar-refractivity contribution is 7.98. The summed E-state index contributed by atoms with van der Waals surface area (Å²) in [7, 11) is 1.30. The first kappa shape index (κ1) is 12.6. The van der Waals surface area contributed by atoms with E-state index in [1.807, 2.05) is 6.26 Å². The standard InChI is InChI=1S/C12H11FN2O2S/c1-17-11(16)10-9(14-12(15-10)18-2)7-3-5-8(13)6-4-7/h3-6H,1-2H3,(H,14,15). The minimum atomic E-state index is -0.522. The molecule has 18 heavy (non-hydrogen) atoms. The third-order valence-electron chi connectivity index (χ3n) is 2.39. The molecule has 0 fully saturated rings. The van der Waals surface area contributed by atoms with Crippen molar-refractivity contribution < 1.29 is 13.9 Å². The molecule has 0 radical (unpaired) electrons. The van der Waals surface area contributed by atoms with Gasteiger partial charge < -0.3 is 9.72 Å². The van der Waals surface area contributed by atoms with Gasteiger partial charge in [0.15, 0.2) is 10.9 Å². The normalized spacial score (nSPS) is 10.4. The first-order valence-electron chi connectivity index (χ1n) is 5.14. The molecule has 2 aromatic rings. The lowest BCUT2D eigenvalue weighted by Gasteiger charge is -2.01. The van der Waals surface area contributed by atoms with Crippen LogP contribution < -0.4 is 0 Å². The van der Waals surface area contributed by atoms with Crippen molar-refractivity contribution in [2.75, 3.05) is 13.4 Å². The van der Waals surface area contributed by atoms with Gasteiger partial charge in [0.25, 0.3) is 0 Å². The van der Waals surface area contributed by atoms with Crippen LogP contribution in [-0.4, -0.2) is 29.3 Å². The number of aromatic amines is 1. The van der Waals surface area contributed by atoms with Crippen LogP contribution in [0.15, 0.2) is 29.4 Å². The molecule has 0 aliphatic heterocycles. The van der Waals surface area contributed by atoms with Crippen LogP contribution in [0.1, 0.15) is 10.5 Å². The van der Waals surface area contributed by atoms with Crippen LogP contribution in [0.2, 0.25) is 0 Å². The Morgan fingerprint density at radius 3 is 2.61 bits per heavy atom. The number of H-pyrrole nitrogens is 1. The summed E-state index contributed by atoms with van der Waals surface area (Å²) in [5, 5.41) is 0.606. The molecular formula is C12H11FN2O2S. The van der Waals surface area contributed by atoms with Crippen LogP contribution in [0.25, 0.3) is 11.3 Å². The van der Waals surface area contributed by atoms with E-state index in [1.54, 1.807) is 12.1 Å². The fourth-order valence-electron chi connectivity index (χ4n) is 1.52. The van der Waals surface area contributed by atoms with Crippen molar-refractivity contribution in [3.63, 3.8) is 0 Å². The average Bonchev–Trinajstić information content (AvgIpc) is 2.83. The van der Waals surface area contributed by atoms with E-state index in [-0.39, 0.29) is 11.5 Å². The molecule has 0 bridgehead atoms. The van der Waals surface area contributed by atoms with E-state index in [2.05, 4.69) is 14.7 Å². The summed E-state index contributed by atoms with van der Waals surface area (Å²) in [4.78, 5) is 18.8. The van der Waals surface area contributed by atoms with Crippen molar-refractivity contribution in [3.8, 4) is 11.3 Å². The molecule has 0 atom stereocenters. The number of halogens is 1. The zero-order valence-electron chi connectivity index (χ0n) is 9.86. The van der Waals surface area contributed by atoms with Crippen molar-refractivity contribution >= 4 is 17.7 Å². The molecule has 0 saturated carbocycles. The second-order valence-corrected chi connectivity index (χ2v) is 4.26. The number of hydrogen-bond donors (Lipinski definition) is 1. The minimum Gasteiger partial charge on any atom is -0.464 e. The number of imidazole rings is 1. The highest BCUT2D eigenvalue weighted by Gasteiger charge is 2.19. The van der Waals surface area contributed by atoms with Crippen LogP contribution in [0, 0.1) is 5.82 Å². The van der Waals surface area contributed by atoms with Crippen molar-refractivity contribution in [1.82, 2.24) is 9.97 Å². The maximum atomic E-state index is 12.9. The van der Waals surface area contributed by atoms with E-state index in [0.717, 1.165) is 0 Å². The number of benzene rings is 1. The van der Waals surface area contributed by atoms with E-state index in [0.29, 0.717) is 16.4 Å². The van der Waals surface area contributed by atoms with Crippen LogP contribution in [-0.2, 0) is 4.74 Å². The third-order valence-corrected chi connectivity index (χ3v) is 2.97. The van der Waals surface area contributed by atoms with Crippen LogP contribution in [0.3, 0.4) is 0 Å². The van der Waals surface area contributed by atoms with Crippen LogP contribution in [0.5, 0.6) is 0 Å². The average molecular weight is 266 g/mol. The van der Waals surface area contributed by atoms with Gasteiger partial charge in [-0.3, -0.25) is 0 Å². The van der Waals surface area contributed by atoms with Crippen molar-refractivity contribution in [2.24, 2.45) is 0 Å². The van der Waals surface area contributed by atoms with E-state index in [4.69, 9.17) is 0 Å². The molecule has 1 heterocycles. The van der Waals surface area contributed by atoms with Gasteiger partial charge in [0.1, 0.15) is 5.82 Å². The summed E-state index contributed by atoms with van der Waals surface area (Å²) in [5.74, 6) is -0.853. The van der Waals surface area contributed by atoms with Crippen LogP contribution >= 0.6 is 11.8 Å². The first-order chi connectivity index (χ1) is 8.65. The number of rotatable bonds is 3. The number of carbonyl (C=O) groups is 1. The number of nitrogens with zero attached hydrogens (tertiary/aromatic N) is 1. The predicted octanol–water partition coefficient (Wildman–Crippen LogP) is 2.72. The second kappa shape index (κ2) is 5.22. The molecule has 0 aliphatic carbocycles. The number of aromatic nitrogens is 2. The Bertz CT molecular complexity index is 566. The Labute approximate surface area is 108 Å². The Balaban J connectivity index is 2.51. The number of carbonyl (C=O) groups excluding carboxylic acids is 1. The molecule has 0 unspecified atom stereocenters. The lowest BCUT2D eigenvalue weighted by atomic mass is 10.1. The zero-order valence-corrected chi connectivity index (χ0v) is 10.7. The molecule has 2 rings (SSSR count). The third kappa shape index (κ3) is 2.38. The fourth-order valence-corrected chi connectivity index (χ4v) is 1.90. The fraction of sp³-hybridized carbons (Fsp3) is 0.167. The molecule has 94 valence electrons. The largest absolute Gasteiger partial charge is 0.464 e. The van der Waals surface area contributed by atoms with Crippen molar-refractivity contribution in [1.29, 1.82) is 0 Å². The molecule has 0 saturated heterocycles. The summed E-state index contributed by atoms with van der Waals surface area (Å²) in [6.07, 6.45) is 1.84. The summed E-state index contributed by atoms with van der Waals surface area (Å²) in [6.45, 7) is 0. The molecule has 1 aromatic heterocycles. The SMILES string of the molecule is COC(=O)c1nc(SC)[nH]c1-c1ccc(F)cc1. The van der Waals surface area contributed by atoms with E-state index >= 15 is 0 Å². The van der Waals surface area contributed by atoms with Crippen molar-refractivity contribution in [2.45, 2.75) is 5.16 Å². The van der Waals surface area contributed by atoms with Gasteiger partial charge in [-0.05, 0) is 30.5 Å². The lowest BCUT2D eigenvalue weighted by Crippen LogP contribution is -2.03. The Morgan fingerprint density at radius 2 is 2.06 bits per heavy atom.